The summed E-state index contributed by atoms with van der Waals surface area (Å²) in [5.41, 5.74) is 0. The second-order valence-corrected chi connectivity index (χ2v) is 5.38. The lowest BCUT2D eigenvalue weighted by molar-refractivity contribution is -0.154. The van der Waals surface area contributed by atoms with Crippen molar-refractivity contribution in [3.8, 4) is 0 Å². The van der Waals surface area contributed by atoms with Crippen molar-refractivity contribution >= 4 is 18.0 Å². The van der Waals surface area contributed by atoms with E-state index in [1.807, 2.05) is 12.2 Å². The molecule has 0 spiro atoms. The molecule has 2 aliphatic heterocycles. The summed E-state index contributed by atoms with van der Waals surface area (Å²) in [5, 5.41) is 2.53. The van der Waals surface area contributed by atoms with E-state index >= 15 is 0 Å². The third-order valence-electron chi connectivity index (χ3n) is 4.04. The van der Waals surface area contributed by atoms with Gasteiger partial charge in [-0.25, -0.2) is 9.59 Å². The van der Waals surface area contributed by atoms with E-state index in [0.29, 0.717) is 19.3 Å². The van der Waals surface area contributed by atoms with E-state index in [4.69, 9.17) is 4.74 Å². The van der Waals surface area contributed by atoms with E-state index in [1.165, 1.54) is 7.11 Å². The summed E-state index contributed by atoms with van der Waals surface area (Å²) in [7, 11) is 1.25. The van der Waals surface area contributed by atoms with Gasteiger partial charge in [-0.1, -0.05) is 12.2 Å². The first-order valence-electron chi connectivity index (χ1n) is 7.56. The maximum absolute atomic E-state index is 12.8. The first-order valence-corrected chi connectivity index (χ1v) is 7.56. The number of methoxy groups -OCH3 is 1. The Bertz CT molecular complexity index is 477. The first-order chi connectivity index (χ1) is 10.6. The minimum atomic E-state index is -0.721. The molecule has 2 amide bonds. The summed E-state index contributed by atoms with van der Waals surface area (Å²) in [6.45, 7) is 2.02. The molecule has 2 heterocycles. The highest BCUT2D eigenvalue weighted by Crippen LogP contribution is 2.30. The molecule has 122 valence electrons. The molecule has 1 N–H and O–H groups in total. The van der Waals surface area contributed by atoms with Crippen molar-refractivity contribution in [2.45, 2.75) is 50.7 Å². The molecule has 0 unspecified atom stereocenters. The smallest absolute Gasteiger partial charge is 0.407 e. The normalized spacial score (nSPS) is 29.1. The molecule has 0 radical (unpaired) electrons. The fourth-order valence-electron chi connectivity index (χ4n) is 3.01. The van der Waals surface area contributed by atoms with Crippen LogP contribution in [0.5, 0.6) is 0 Å². The molecule has 0 saturated carbocycles. The maximum atomic E-state index is 12.8. The molecule has 7 heteroatoms. The van der Waals surface area contributed by atoms with E-state index in [0.717, 1.165) is 6.42 Å². The highest BCUT2D eigenvalue weighted by Gasteiger charge is 2.43. The summed E-state index contributed by atoms with van der Waals surface area (Å²) in [6.07, 6.45) is 5.66. The molecule has 2 rings (SSSR count). The number of hydrogen-bond acceptors (Lipinski definition) is 5. The monoisotopic (exact) mass is 310 g/mol. The zero-order valence-corrected chi connectivity index (χ0v) is 12.9. The molecule has 0 bridgehead atoms. The quantitative estimate of drug-likeness (QED) is 0.620. The second kappa shape index (κ2) is 7.29. The molecule has 0 aliphatic carbocycles. The van der Waals surface area contributed by atoms with Crippen LogP contribution in [0.25, 0.3) is 0 Å². The Morgan fingerprint density at radius 2 is 2.05 bits per heavy atom. The number of alkyl carbamates (subject to hydrolysis) is 1. The molecule has 0 aromatic rings. The van der Waals surface area contributed by atoms with Crippen LogP contribution in [-0.2, 0) is 19.1 Å². The van der Waals surface area contributed by atoms with E-state index in [9.17, 15) is 14.4 Å². The van der Waals surface area contributed by atoms with Crippen LogP contribution in [0.1, 0.15) is 32.6 Å². The SMILES string of the molecule is CCOC(=O)[C@@H]1CC[C@@H]2C/C=C\C[C@H](NC(=O)OC)C(=O)N21. The maximum Gasteiger partial charge on any atom is 0.407 e. The van der Waals surface area contributed by atoms with Gasteiger partial charge >= 0.3 is 12.1 Å². The molecular weight excluding hydrogens is 288 g/mol. The third-order valence-corrected chi connectivity index (χ3v) is 4.04. The highest BCUT2D eigenvalue weighted by atomic mass is 16.5. The van der Waals surface area contributed by atoms with Gasteiger partial charge in [-0.05, 0) is 32.6 Å². The summed E-state index contributed by atoms with van der Waals surface area (Å²) < 4.78 is 9.63. The molecule has 0 aromatic heterocycles. The van der Waals surface area contributed by atoms with Crippen LogP contribution >= 0.6 is 0 Å². The molecule has 2 aliphatic rings. The van der Waals surface area contributed by atoms with Crippen molar-refractivity contribution in [3.63, 3.8) is 0 Å². The predicted octanol–water partition coefficient (Wildman–Crippen LogP) is 0.984. The molecule has 1 saturated heterocycles. The Labute approximate surface area is 129 Å². The number of hydrogen-bond donors (Lipinski definition) is 1. The average molecular weight is 310 g/mol. The number of amides is 2. The summed E-state index contributed by atoms with van der Waals surface area (Å²) in [5.74, 6) is -0.630. The van der Waals surface area contributed by atoms with Gasteiger partial charge in [0.25, 0.3) is 0 Å². The van der Waals surface area contributed by atoms with Crippen LogP contribution < -0.4 is 5.32 Å². The Balaban J connectivity index is 2.19. The fourth-order valence-corrected chi connectivity index (χ4v) is 3.01. The Kier molecular flexibility index (Phi) is 5.41. The van der Waals surface area contributed by atoms with Crippen molar-refractivity contribution in [2.24, 2.45) is 0 Å². The number of ether oxygens (including phenoxy) is 2. The Morgan fingerprint density at radius 1 is 1.32 bits per heavy atom. The van der Waals surface area contributed by atoms with E-state index in [1.54, 1.807) is 11.8 Å². The molecule has 7 nitrogen and oxygen atoms in total. The van der Waals surface area contributed by atoms with Gasteiger partial charge in [-0.15, -0.1) is 0 Å². The summed E-state index contributed by atoms with van der Waals surface area (Å²) in [6, 6.07) is -1.31. The van der Waals surface area contributed by atoms with Crippen LogP contribution in [0.4, 0.5) is 4.79 Å². The number of fused-ring (bicyclic) bond motifs is 1. The number of nitrogens with one attached hydrogen (secondary N) is 1. The van der Waals surface area contributed by atoms with Gasteiger partial charge in [0.2, 0.25) is 5.91 Å². The minimum absolute atomic E-state index is 0.0274. The molecular formula is C15H22N2O5. The van der Waals surface area contributed by atoms with Gasteiger partial charge in [0, 0.05) is 6.04 Å². The van der Waals surface area contributed by atoms with Crippen molar-refractivity contribution in [1.29, 1.82) is 0 Å². The fraction of sp³-hybridized carbons (Fsp3) is 0.667. The van der Waals surface area contributed by atoms with E-state index in [-0.39, 0.29) is 24.5 Å². The summed E-state index contributed by atoms with van der Waals surface area (Å²) in [4.78, 5) is 37.8. The van der Waals surface area contributed by atoms with Gasteiger partial charge in [0.15, 0.2) is 0 Å². The van der Waals surface area contributed by atoms with Gasteiger partial charge in [0.1, 0.15) is 12.1 Å². The first kappa shape index (κ1) is 16.3. The lowest BCUT2D eigenvalue weighted by Gasteiger charge is -2.33. The predicted molar refractivity (Wildman–Crippen MR) is 78.0 cm³/mol. The Hall–Kier alpha value is -2.05. The topological polar surface area (TPSA) is 84.9 Å². The largest absolute Gasteiger partial charge is 0.464 e. The van der Waals surface area contributed by atoms with Crippen molar-refractivity contribution in [3.05, 3.63) is 12.2 Å². The zero-order chi connectivity index (χ0) is 16.1. The Morgan fingerprint density at radius 3 is 2.73 bits per heavy atom. The minimum Gasteiger partial charge on any atom is -0.464 e. The number of esters is 1. The highest BCUT2D eigenvalue weighted by molar-refractivity contribution is 5.90. The van der Waals surface area contributed by atoms with Gasteiger partial charge in [0.05, 0.1) is 13.7 Å². The third kappa shape index (κ3) is 3.40. The molecule has 22 heavy (non-hydrogen) atoms. The zero-order valence-electron chi connectivity index (χ0n) is 12.9. The summed E-state index contributed by atoms with van der Waals surface area (Å²) >= 11 is 0. The second-order valence-electron chi connectivity index (χ2n) is 5.38. The van der Waals surface area contributed by atoms with Crippen molar-refractivity contribution in [1.82, 2.24) is 10.2 Å². The molecule has 0 aromatic carbocycles. The van der Waals surface area contributed by atoms with Crippen LogP contribution in [0.2, 0.25) is 0 Å². The standard InChI is InChI=1S/C15H22N2O5/c1-3-22-14(19)12-9-8-10-6-4-5-7-11(13(18)17(10)12)16-15(20)21-2/h4-5,10-12H,3,6-9H2,1-2H3,(H,16,20)/b5-4-/t10-,11-,12-/m0/s1. The van der Waals surface area contributed by atoms with Gasteiger partial charge in [-0.2, -0.15) is 0 Å². The number of carbonyl (C=O) groups is 3. The number of rotatable bonds is 3. The molecule has 1 fully saturated rings. The van der Waals surface area contributed by atoms with Crippen LogP contribution in [-0.4, -0.2) is 54.7 Å². The van der Waals surface area contributed by atoms with Crippen molar-refractivity contribution < 1.29 is 23.9 Å². The van der Waals surface area contributed by atoms with Crippen LogP contribution in [0, 0.1) is 0 Å². The van der Waals surface area contributed by atoms with Crippen molar-refractivity contribution in [2.75, 3.05) is 13.7 Å². The van der Waals surface area contributed by atoms with Gasteiger partial charge in [-0.3, -0.25) is 4.79 Å². The molecule has 3 atom stereocenters. The lowest BCUT2D eigenvalue weighted by atomic mass is 10.0. The van der Waals surface area contributed by atoms with Crippen LogP contribution in [0.15, 0.2) is 12.2 Å². The van der Waals surface area contributed by atoms with Gasteiger partial charge < -0.3 is 19.7 Å². The number of nitrogens with zero attached hydrogens (tertiary/aromatic N) is 1. The number of carbonyl (C=O) groups excluding carboxylic acids is 3. The van der Waals surface area contributed by atoms with E-state index < -0.39 is 18.2 Å². The van der Waals surface area contributed by atoms with Crippen LogP contribution in [0.3, 0.4) is 0 Å². The lowest BCUT2D eigenvalue weighted by Crippen LogP contribution is -2.54. The average Bonchev–Trinajstić information content (AvgIpc) is 2.91. The van der Waals surface area contributed by atoms with E-state index in [2.05, 4.69) is 10.1 Å².